The van der Waals surface area contributed by atoms with Crippen LogP contribution in [-0.2, 0) is 12.3 Å². The first-order chi connectivity index (χ1) is 13.6. The molecule has 0 atom stereocenters. The van der Waals surface area contributed by atoms with E-state index in [0.717, 1.165) is 5.56 Å². The van der Waals surface area contributed by atoms with Gasteiger partial charge in [-0.25, -0.2) is 4.39 Å². The Morgan fingerprint density at radius 3 is 2.50 bits per heavy atom. The van der Waals surface area contributed by atoms with Crippen LogP contribution in [0.15, 0.2) is 54.2 Å². The topological polar surface area (TPSA) is 49.2 Å². The molecule has 3 aromatic rings. The molecule has 0 unspecified atom stereocenters. The number of thioether (sulfide) groups is 1. The second kappa shape index (κ2) is 9.12. The highest BCUT2D eigenvalue weighted by Crippen LogP contribution is 2.33. The molecule has 0 N–H and O–H groups in total. The third-order valence-electron chi connectivity index (χ3n) is 4.05. The first kappa shape index (κ1) is 20.2. The number of halogens is 2. The van der Waals surface area contributed by atoms with Crippen LogP contribution in [0, 0.1) is 5.82 Å². The molecular weight excluding hydrogens is 401 g/mol. The molecule has 5 nitrogen and oxygen atoms in total. The highest BCUT2D eigenvalue weighted by atomic mass is 35.5. The minimum absolute atomic E-state index is 0.336. The van der Waals surface area contributed by atoms with Gasteiger partial charge >= 0.3 is 0 Å². The van der Waals surface area contributed by atoms with Crippen molar-refractivity contribution in [2.75, 3.05) is 14.2 Å². The largest absolute Gasteiger partial charge is 0.497 e. The molecule has 0 aliphatic heterocycles. The molecule has 3 rings (SSSR count). The lowest BCUT2D eigenvalue weighted by molar-refractivity contribution is 0.394. The summed E-state index contributed by atoms with van der Waals surface area (Å²) in [6, 6.07) is 10.1. The highest BCUT2D eigenvalue weighted by molar-refractivity contribution is 7.98. The number of hydrogen-bond acceptors (Lipinski definition) is 5. The van der Waals surface area contributed by atoms with E-state index in [1.54, 1.807) is 38.5 Å². The van der Waals surface area contributed by atoms with Crippen molar-refractivity contribution in [3.05, 3.63) is 65.5 Å². The summed E-state index contributed by atoms with van der Waals surface area (Å²) < 4.78 is 26.6. The maximum atomic E-state index is 14.1. The Kier molecular flexibility index (Phi) is 6.59. The number of aromatic nitrogens is 3. The van der Waals surface area contributed by atoms with E-state index in [4.69, 9.17) is 21.1 Å². The van der Waals surface area contributed by atoms with Gasteiger partial charge in [0.15, 0.2) is 11.0 Å². The summed E-state index contributed by atoms with van der Waals surface area (Å²) in [7, 11) is 3.18. The fourth-order valence-corrected chi connectivity index (χ4v) is 3.94. The van der Waals surface area contributed by atoms with Crippen molar-refractivity contribution >= 4 is 23.4 Å². The summed E-state index contributed by atoms with van der Waals surface area (Å²) in [5, 5.41) is 9.62. The molecule has 8 heteroatoms. The molecule has 0 saturated heterocycles. The molecule has 0 aliphatic carbocycles. The van der Waals surface area contributed by atoms with E-state index in [-0.39, 0.29) is 5.82 Å². The molecule has 1 aromatic heterocycles. The van der Waals surface area contributed by atoms with Crippen molar-refractivity contribution in [2.24, 2.45) is 0 Å². The third kappa shape index (κ3) is 4.31. The summed E-state index contributed by atoms with van der Waals surface area (Å²) in [5.74, 6) is 1.93. The van der Waals surface area contributed by atoms with Crippen molar-refractivity contribution in [1.82, 2.24) is 14.8 Å². The zero-order valence-electron chi connectivity index (χ0n) is 15.5. The monoisotopic (exact) mass is 419 g/mol. The number of hydrogen-bond donors (Lipinski definition) is 0. The SMILES string of the molecule is C=CCn1c(SCc2c(F)cccc2Cl)nnc1-c1cc(OC)cc(OC)c1. The van der Waals surface area contributed by atoms with Gasteiger partial charge in [-0.2, -0.15) is 0 Å². The Morgan fingerprint density at radius 1 is 1.18 bits per heavy atom. The quantitative estimate of drug-likeness (QED) is 0.369. The van der Waals surface area contributed by atoms with Gasteiger partial charge in [0, 0.05) is 34.5 Å². The zero-order valence-corrected chi connectivity index (χ0v) is 17.1. The summed E-state index contributed by atoms with van der Waals surface area (Å²) in [4.78, 5) is 0. The third-order valence-corrected chi connectivity index (χ3v) is 5.39. The molecule has 0 fully saturated rings. The average Bonchev–Trinajstić information content (AvgIpc) is 3.10. The van der Waals surface area contributed by atoms with E-state index < -0.39 is 0 Å². The molecule has 0 aliphatic rings. The number of nitrogens with zero attached hydrogens (tertiary/aromatic N) is 3. The lowest BCUT2D eigenvalue weighted by Gasteiger charge is -2.11. The van der Waals surface area contributed by atoms with Crippen LogP contribution in [0.25, 0.3) is 11.4 Å². The summed E-state index contributed by atoms with van der Waals surface area (Å²) in [6.07, 6.45) is 1.75. The summed E-state index contributed by atoms with van der Waals surface area (Å²) >= 11 is 7.48. The fraction of sp³-hybridized carbons (Fsp3) is 0.200. The second-order valence-corrected chi connectivity index (χ2v) is 7.15. The summed E-state index contributed by atoms with van der Waals surface area (Å²) in [5.41, 5.74) is 1.23. The van der Waals surface area contributed by atoms with Gasteiger partial charge in [-0.1, -0.05) is 35.5 Å². The minimum atomic E-state index is -0.340. The Bertz CT molecular complexity index is 951. The standard InChI is InChI=1S/C20H19ClFN3O2S/c1-4-8-25-19(13-9-14(26-2)11-15(10-13)27-3)23-24-20(25)28-12-16-17(21)6-5-7-18(16)22/h4-7,9-11H,1,8,12H2,2-3H3. The summed E-state index contributed by atoms with van der Waals surface area (Å²) in [6.45, 7) is 4.30. The van der Waals surface area contributed by atoms with E-state index in [0.29, 0.717) is 45.4 Å². The maximum absolute atomic E-state index is 14.1. The Balaban J connectivity index is 1.95. The number of allylic oxidation sites excluding steroid dienone is 1. The molecule has 2 aromatic carbocycles. The van der Waals surface area contributed by atoms with Crippen molar-refractivity contribution < 1.29 is 13.9 Å². The van der Waals surface area contributed by atoms with Gasteiger partial charge in [-0.15, -0.1) is 16.8 Å². The normalized spacial score (nSPS) is 10.7. The molecule has 28 heavy (non-hydrogen) atoms. The van der Waals surface area contributed by atoms with Crippen molar-refractivity contribution in [3.8, 4) is 22.9 Å². The van der Waals surface area contributed by atoms with Gasteiger partial charge < -0.3 is 9.47 Å². The second-order valence-electron chi connectivity index (χ2n) is 5.80. The Hall–Kier alpha value is -2.51. The smallest absolute Gasteiger partial charge is 0.192 e. The van der Waals surface area contributed by atoms with Gasteiger partial charge in [-0.3, -0.25) is 4.57 Å². The van der Waals surface area contributed by atoms with Crippen molar-refractivity contribution in [3.63, 3.8) is 0 Å². The minimum Gasteiger partial charge on any atom is -0.497 e. The van der Waals surface area contributed by atoms with Crippen molar-refractivity contribution in [1.29, 1.82) is 0 Å². The predicted octanol–water partition coefficient (Wildman–Crippen LogP) is 5.23. The molecule has 146 valence electrons. The Morgan fingerprint density at radius 2 is 1.89 bits per heavy atom. The lowest BCUT2D eigenvalue weighted by atomic mass is 10.2. The van der Waals surface area contributed by atoms with E-state index in [1.807, 2.05) is 16.7 Å². The Labute approximate surface area is 172 Å². The van der Waals surface area contributed by atoms with Crippen LogP contribution in [0.2, 0.25) is 5.02 Å². The van der Waals surface area contributed by atoms with Crippen LogP contribution < -0.4 is 9.47 Å². The van der Waals surface area contributed by atoms with Gasteiger partial charge in [0.25, 0.3) is 0 Å². The number of ether oxygens (including phenoxy) is 2. The average molecular weight is 420 g/mol. The van der Waals surface area contributed by atoms with E-state index >= 15 is 0 Å². The first-order valence-electron chi connectivity index (χ1n) is 8.40. The molecule has 0 spiro atoms. The van der Waals surface area contributed by atoms with Crippen LogP contribution in [0.1, 0.15) is 5.56 Å². The van der Waals surface area contributed by atoms with E-state index in [1.165, 1.54) is 17.8 Å². The van der Waals surface area contributed by atoms with Gasteiger partial charge in [0.2, 0.25) is 0 Å². The molecule has 1 heterocycles. The van der Waals surface area contributed by atoms with Crippen LogP contribution in [-0.4, -0.2) is 29.0 Å². The number of benzene rings is 2. The lowest BCUT2D eigenvalue weighted by Crippen LogP contribution is -2.01. The van der Waals surface area contributed by atoms with Crippen LogP contribution in [0.5, 0.6) is 11.5 Å². The van der Waals surface area contributed by atoms with E-state index in [9.17, 15) is 4.39 Å². The highest BCUT2D eigenvalue weighted by Gasteiger charge is 2.17. The van der Waals surface area contributed by atoms with E-state index in [2.05, 4.69) is 16.8 Å². The van der Waals surface area contributed by atoms with Crippen LogP contribution in [0.4, 0.5) is 4.39 Å². The number of rotatable bonds is 8. The van der Waals surface area contributed by atoms with Crippen LogP contribution in [0.3, 0.4) is 0 Å². The van der Waals surface area contributed by atoms with Gasteiger partial charge in [-0.05, 0) is 24.3 Å². The maximum Gasteiger partial charge on any atom is 0.192 e. The van der Waals surface area contributed by atoms with Gasteiger partial charge in [0.1, 0.15) is 17.3 Å². The molecule has 0 bridgehead atoms. The first-order valence-corrected chi connectivity index (χ1v) is 9.77. The molecular formula is C20H19ClFN3O2S. The van der Waals surface area contributed by atoms with Crippen LogP contribution >= 0.6 is 23.4 Å². The molecule has 0 saturated carbocycles. The van der Waals surface area contributed by atoms with Crippen molar-refractivity contribution in [2.45, 2.75) is 17.5 Å². The van der Waals surface area contributed by atoms with Gasteiger partial charge in [0.05, 0.1) is 14.2 Å². The zero-order chi connectivity index (χ0) is 20.1. The molecule has 0 radical (unpaired) electrons. The fourth-order valence-electron chi connectivity index (χ4n) is 2.65. The number of methoxy groups -OCH3 is 2. The molecule has 0 amide bonds. The predicted molar refractivity (Wildman–Crippen MR) is 110 cm³/mol.